The summed E-state index contributed by atoms with van der Waals surface area (Å²) in [6, 6.07) is 8.12. The summed E-state index contributed by atoms with van der Waals surface area (Å²) in [5.74, 6) is 7.42. The third-order valence-corrected chi connectivity index (χ3v) is 9.18. The molecule has 12 heteroatoms. The lowest BCUT2D eigenvalue weighted by molar-refractivity contribution is 0.187. The van der Waals surface area contributed by atoms with Gasteiger partial charge in [-0.05, 0) is 54.9 Å². The third-order valence-electron chi connectivity index (χ3n) is 7.60. The topological polar surface area (TPSA) is 175 Å². The fourth-order valence-electron chi connectivity index (χ4n) is 5.63. The van der Waals surface area contributed by atoms with Gasteiger partial charge in [0.05, 0.1) is 16.9 Å². The summed E-state index contributed by atoms with van der Waals surface area (Å²) in [6.45, 7) is 3.50. The van der Waals surface area contributed by atoms with E-state index in [0.29, 0.717) is 21.6 Å². The van der Waals surface area contributed by atoms with Gasteiger partial charge in [0, 0.05) is 48.5 Å². The van der Waals surface area contributed by atoms with Crippen molar-refractivity contribution in [3.63, 3.8) is 0 Å². The number of piperidine rings is 1. The lowest BCUT2D eigenvalue weighted by Crippen LogP contribution is -2.44. The highest BCUT2D eigenvalue weighted by molar-refractivity contribution is 7.99. The van der Waals surface area contributed by atoms with Crippen molar-refractivity contribution in [2.24, 2.45) is 22.7 Å². The van der Waals surface area contributed by atoms with Crippen molar-refractivity contribution in [3.8, 4) is 0 Å². The van der Waals surface area contributed by atoms with E-state index in [1.165, 1.54) is 22.9 Å². The molecule has 3 aromatic rings. The van der Waals surface area contributed by atoms with Crippen LogP contribution in [0.1, 0.15) is 42.5 Å². The molecule has 2 aliphatic rings. The largest absolute Gasteiger partial charge is 0.401 e. The molecule has 0 amide bonds. The van der Waals surface area contributed by atoms with Crippen molar-refractivity contribution < 1.29 is 0 Å². The first kappa shape index (κ1) is 26.4. The number of halogens is 1. The highest BCUT2D eigenvalue weighted by Gasteiger charge is 2.46. The molecule has 0 bridgehead atoms. The van der Waals surface area contributed by atoms with Crippen molar-refractivity contribution in [1.82, 2.24) is 20.0 Å². The summed E-state index contributed by atoms with van der Waals surface area (Å²) >= 11 is 7.59. The van der Waals surface area contributed by atoms with E-state index >= 15 is 0 Å². The Labute approximate surface area is 231 Å². The van der Waals surface area contributed by atoms with Gasteiger partial charge in [-0.2, -0.15) is 0 Å². The van der Waals surface area contributed by atoms with Crippen LogP contribution in [0.25, 0.3) is 5.70 Å². The number of fused-ring (bicyclic) bond motifs is 1. The van der Waals surface area contributed by atoms with Crippen LogP contribution in [0.5, 0.6) is 0 Å². The molecular formula is C26H33ClN10S. The third kappa shape index (κ3) is 4.71. The number of hydrogen-bond acceptors (Lipinski definition) is 11. The van der Waals surface area contributed by atoms with Crippen molar-refractivity contribution in [1.29, 1.82) is 0 Å². The number of benzene rings is 1. The van der Waals surface area contributed by atoms with Crippen molar-refractivity contribution >= 4 is 46.5 Å². The fraction of sp³-hybridized carbons (Fsp3) is 0.346. The summed E-state index contributed by atoms with van der Waals surface area (Å²) < 4.78 is 0. The van der Waals surface area contributed by atoms with Crippen LogP contribution in [0.15, 0.2) is 52.3 Å². The Morgan fingerprint density at radius 3 is 2.55 bits per heavy atom. The summed E-state index contributed by atoms with van der Waals surface area (Å²) in [7, 11) is 1.79. The van der Waals surface area contributed by atoms with E-state index in [1.54, 1.807) is 30.5 Å². The minimum absolute atomic E-state index is 0.000497. The van der Waals surface area contributed by atoms with Gasteiger partial charge in [0.25, 0.3) is 0 Å². The molecule has 1 aliphatic heterocycles. The van der Waals surface area contributed by atoms with Crippen LogP contribution in [0.2, 0.25) is 5.02 Å². The molecule has 10 N–H and O–H groups in total. The first-order valence-corrected chi connectivity index (χ1v) is 13.6. The van der Waals surface area contributed by atoms with Crippen LogP contribution in [0.4, 0.5) is 17.5 Å². The van der Waals surface area contributed by atoms with E-state index in [9.17, 15) is 0 Å². The van der Waals surface area contributed by atoms with Gasteiger partial charge in [-0.1, -0.05) is 35.5 Å². The molecule has 2 aromatic heterocycles. The maximum atomic E-state index is 6.92. The second-order valence-corrected chi connectivity index (χ2v) is 11.5. The van der Waals surface area contributed by atoms with E-state index in [-0.39, 0.29) is 17.3 Å². The number of rotatable bonds is 5. The molecule has 1 unspecified atom stereocenters. The number of hydrogen-bond donors (Lipinski definition) is 5. The molecule has 1 aromatic carbocycles. The van der Waals surface area contributed by atoms with E-state index in [4.69, 9.17) is 40.4 Å². The molecule has 10 nitrogen and oxygen atoms in total. The van der Waals surface area contributed by atoms with E-state index in [2.05, 4.69) is 38.1 Å². The number of nitrogen functional groups attached to an aromatic ring is 2. The minimum Gasteiger partial charge on any atom is -0.401 e. The Morgan fingerprint density at radius 1 is 1.16 bits per heavy atom. The molecule has 1 aliphatic carbocycles. The molecule has 1 atom stereocenters. The second-order valence-electron chi connectivity index (χ2n) is 10.1. The Morgan fingerprint density at radius 2 is 1.89 bits per heavy atom. The second kappa shape index (κ2) is 10.1. The number of allylic oxidation sites excluding steroid dienone is 1. The fourth-order valence-corrected chi connectivity index (χ4v) is 6.64. The molecule has 5 rings (SSSR count). The Balaban J connectivity index is 1.30. The normalized spacial score (nSPS) is 18.9. The molecule has 1 fully saturated rings. The lowest BCUT2D eigenvalue weighted by atomic mass is 9.73. The van der Waals surface area contributed by atoms with E-state index in [1.807, 2.05) is 6.92 Å². The zero-order chi connectivity index (χ0) is 27.2. The Kier molecular flexibility index (Phi) is 7.03. The summed E-state index contributed by atoms with van der Waals surface area (Å²) in [6.07, 6.45) is 6.20. The van der Waals surface area contributed by atoms with Crippen LogP contribution in [-0.4, -0.2) is 40.1 Å². The molecule has 200 valence electrons. The van der Waals surface area contributed by atoms with Crippen LogP contribution >= 0.6 is 23.4 Å². The maximum Gasteiger partial charge on any atom is 0.158 e. The molecule has 3 heterocycles. The summed E-state index contributed by atoms with van der Waals surface area (Å²) in [4.78, 5) is 16.2. The van der Waals surface area contributed by atoms with Gasteiger partial charge >= 0.3 is 0 Å². The maximum absolute atomic E-state index is 6.92. The highest BCUT2D eigenvalue weighted by Crippen LogP contribution is 2.51. The molecule has 1 spiro atoms. The SMILES string of the molecule is C/C(N)=C(\c1ccc2c(c1)C(N)C1(CCN(c3cnc(Sc4ccnc(N)c4Cl)c(N)n3)CC1)C2)N(C)N. The molecule has 1 saturated heterocycles. The number of hydrazine groups is 1. The number of nitrogens with zero attached hydrogens (tertiary/aromatic N) is 5. The molecule has 0 radical (unpaired) electrons. The van der Waals surface area contributed by atoms with Gasteiger partial charge < -0.3 is 32.8 Å². The van der Waals surface area contributed by atoms with Crippen LogP contribution in [0.3, 0.4) is 0 Å². The van der Waals surface area contributed by atoms with Gasteiger partial charge in [0.2, 0.25) is 0 Å². The van der Waals surface area contributed by atoms with Crippen LogP contribution in [0, 0.1) is 5.41 Å². The highest BCUT2D eigenvalue weighted by atomic mass is 35.5. The first-order chi connectivity index (χ1) is 18.1. The predicted molar refractivity (Wildman–Crippen MR) is 154 cm³/mol. The van der Waals surface area contributed by atoms with Gasteiger partial charge in [0.15, 0.2) is 5.82 Å². The number of anilines is 3. The van der Waals surface area contributed by atoms with Crippen molar-refractivity contribution in [3.05, 3.63) is 64.1 Å². The first-order valence-electron chi connectivity index (χ1n) is 12.4. The average molecular weight is 553 g/mol. The molecular weight excluding hydrogens is 520 g/mol. The number of pyridine rings is 1. The van der Waals surface area contributed by atoms with Crippen LogP contribution < -0.4 is 33.7 Å². The van der Waals surface area contributed by atoms with E-state index in [0.717, 1.165) is 54.3 Å². The number of aromatic nitrogens is 3. The Bertz CT molecular complexity index is 1400. The van der Waals surface area contributed by atoms with Crippen LogP contribution in [-0.2, 0) is 6.42 Å². The quantitative estimate of drug-likeness (QED) is 0.232. The van der Waals surface area contributed by atoms with Gasteiger partial charge in [0.1, 0.15) is 16.7 Å². The van der Waals surface area contributed by atoms with Gasteiger partial charge in [-0.15, -0.1) is 0 Å². The zero-order valence-electron chi connectivity index (χ0n) is 21.5. The standard InChI is InChI=1S/C26H33ClN10S/c1-14(28)21(36(2)32)15-3-4-16-12-26(22(29)17(16)11-15)6-9-37(10-7-26)19-13-34-25(24(31)35-19)38-18-5-8-33-23(30)20(18)27/h3-5,8,11,13,22H,6-7,9-10,12,28-29,32H2,1-2H3,(H2,30,33)(H2,31,35)/b21-14-. The smallest absolute Gasteiger partial charge is 0.158 e. The summed E-state index contributed by atoms with van der Waals surface area (Å²) in [5.41, 5.74) is 30.1. The summed E-state index contributed by atoms with van der Waals surface area (Å²) in [5, 5.41) is 2.51. The van der Waals surface area contributed by atoms with Gasteiger partial charge in [-0.3, -0.25) is 0 Å². The lowest BCUT2D eigenvalue weighted by Gasteiger charge is -2.42. The zero-order valence-corrected chi connectivity index (χ0v) is 23.1. The average Bonchev–Trinajstić information content (AvgIpc) is 3.14. The van der Waals surface area contributed by atoms with Crippen molar-refractivity contribution in [2.75, 3.05) is 36.5 Å². The monoisotopic (exact) mass is 552 g/mol. The molecule has 38 heavy (non-hydrogen) atoms. The van der Waals surface area contributed by atoms with E-state index < -0.39 is 0 Å². The molecule has 0 saturated carbocycles. The Hall–Kier alpha value is -3.25. The number of nitrogens with two attached hydrogens (primary N) is 5. The minimum atomic E-state index is -0.0607. The van der Waals surface area contributed by atoms with Crippen molar-refractivity contribution in [2.45, 2.75) is 42.1 Å². The van der Waals surface area contributed by atoms with Gasteiger partial charge in [-0.25, -0.2) is 20.8 Å². The predicted octanol–water partition coefficient (Wildman–Crippen LogP) is 3.14.